The molecule has 0 aliphatic carbocycles. The molecule has 40 heavy (non-hydrogen) atoms. The smallest absolute Gasteiger partial charge is 0.326 e. The van der Waals surface area contributed by atoms with Crippen LogP contribution >= 0.6 is 0 Å². The van der Waals surface area contributed by atoms with Crippen molar-refractivity contribution in [3.8, 4) is 0 Å². The minimum atomic E-state index is -1.28. The number of hydrogen-bond acceptors (Lipinski definition) is 8. The summed E-state index contributed by atoms with van der Waals surface area (Å²) in [5, 5.41) is 17.5. The second-order valence-electron chi connectivity index (χ2n) is 9.45. The molecule has 0 radical (unpaired) electrons. The van der Waals surface area contributed by atoms with Gasteiger partial charge in [0.25, 0.3) is 0 Å². The van der Waals surface area contributed by atoms with Crippen LogP contribution in [0.3, 0.4) is 0 Å². The van der Waals surface area contributed by atoms with Gasteiger partial charge >= 0.3 is 5.97 Å². The lowest BCUT2D eigenvalue weighted by atomic mass is 9.96. The van der Waals surface area contributed by atoms with E-state index >= 15 is 0 Å². The van der Waals surface area contributed by atoms with E-state index in [1.54, 1.807) is 13.1 Å². The number of aliphatic imine (C=N–C) groups is 1. The number of nitrogens with zero attached hydrogens (tertiary/aromatic N) is 3. The molecule has 16 nitrogen and oxygen atoms in total. The Morgan fingerprint density at radius 3 is 2.08 bits per heavy atom. The van der Waals surface area contributed by atoms with Crippen LogP contribution in [0.5, 0.6) is 0 Å². The van der Waals surface area contributed by atoms with E-state index in [0.29, 0.717) is 24.2 Å². The zero-order valence-corrected chi connectivity index (χ0v) is 22.6. The van der Waals surface area contributed by atoms with E-state index in [1.807, 2.05) is 6.92 Å². The second kappa shape index (κ2) is 15.8. The number of guanidine groups is 1. The molecule has 0 bridgehead atoms. The lowest BCUT2D eigenvalue weighted by molar-refractivity contribution is -0.142. The van der Waals surface area contributed by atoms with Gasteiger partial charge in [0.15, 0.2) is 5.96 Å². The summed E-state index contributed by atoms with van der Waals surface area (Å²) in [5.74, 6) is -3.56. The van der Waals surface area contributed by atoms with Gasteiger partial charge in [-0.3, -0.25) is 19.4 Å². The maximum Gasteiger partial charge on any atom is 0.326 e. The summed E-state index contributed by atoms with van der Waals surface area (Å²) in [5.41, 5.74) is 17.9. The number of nitrogens with two attached hydrogens (primary N) is 3. The quantitative estimate of drug-likeness (QED) is 0.0575. The Balaban J connectivity index is 2.16. The predicted molar refractivity (Wildman–Crippen MR) is 145 cm³/mol. The van der Waals surface area contributed by atoms with Gasteiger partial charge in [-0.25, -0.2) is 14.8 Å². The maximum absolute atomic E-state index is 13.4. The number of hydrogen-bond donors (Lipinski definition) is 9. The van der Waals surface area contributed by atoms with Gasteiger partial charge in [0.2, 0.25) is 17.7 Å². The molecule has 0 saturated heterocycles. The first-order valence-electron chi connectivity index (χ1n) is 12.9. The number of imidazole rings is 2. The molecule has 0 spiro atoms. The summed E-state index contributed by atoms with van der Waals surface area (Å²) in [7, 11) is 0. The maximum atomic E-state index is 13.4. The molecule has 0 saturated carbocycles. The first kappa shape index (κ1) is 31.7. The Hall–Kier alpha value is -4.47. The first-order chi connectivity index (χ1) is 19.0. The Bertz CT molecular complexity index is 1120. The summed E-state index contributed by atoms with van der Waals surface area (Å²) in [6.07, 6.45) is 6.96. The number of nitrogens with one attached hydrogen (secondary N) is 5. The molecule has 3 amide bonds. The van der Waals surface area contributed by atoms with Crippen molar-refractivity contribution in [2.45, 2.75) is 70.1 Å². The van der Waals surface area contributed by atoms with Crippen molar-refractivity contribution >= 4 is 29.7 Å². The molecule has 0 aliphatic rings. The van der Waals surface area contributed by atoms with Crippen molar-refractivity contribution in [2.24, 2.45) is 28.1 Å². The lowest BCUT2D eigenvalue weighted by Crippen LogP contribution is -2.59. The number of aliphatic carboxylic acids is 1. The molecule has 16 heteroatoms. The Kier molecular flexibility index (Phi) is 12.6. The van der Waals surface area contributed by atoms with E-state index in [4.69, 9.17) is 17.2 Å². The van der Waals surface area contributed by atoms with Gasteiger partial charge < -0.3 is 48.2 Å². The van der Waals surface area contributed by atoms with Crippen LogP contribution in [0.15, 0.2) is 30.0 Å². The zero-order chi connectivity index (χ0) is 29.7. The minimum Gasteiger partial charge on any atom is -0.480 e. The van der Waals surface area contributed by atoms with Crippen LogP contribution in [0.25, 0.3) is 0 Å². The summed E-state index contributed by atoms with van der Waals surface area (Å²) in [4.78, 5) is 68.6. The number of aromatic amines is 2. The molecule has 220 valence electrons. The molecular weight excluding hydrogens is 522 g/mol. The zero-order valence-electron chi connectivity index (χ0n) is 22.6. The van der Waals surface area contributed by atoms with Crippen LogP contribution in [0, 0.1) is 5.92 Å². The van der Waals surface area contributed by atoms with Gasteiger partial charge in [0, 0.05) is 43.2 Å². The third-order valence-corrected chi connectivity index (χ3v) is 6.30. The fraction of sp³-hybridized carbons (Fsp3) is 0.542. The number of carboxylic acid groups (broad SMARTS) is 1. The normalized spacial score (nSPS) is 14.7. The first-order valence-corrected chi connectivity index (χ1v) is 12.9. The Morgan fingerprint density at radius 2 is 1.55 bits per heavy atom. The van der Waals surface area contributed by atoms with E-state index in [-0.39, 0.29) is 37.7 Å². The van der Waals surface area contributed by atoms with Crippen molar-refractivity contribution in [2.75, 3.05) is 6.54 Å². The van der Waals surface area contributed by atoms with Crippen LogP contribution < -0.4 is 33.2 Å². The number of carbonyl (C=O) groups excluding carboxylic acids is 3. The fourth-order valence-electron chi connectivity index (χ4n) is 3.81. The van der Waals surface area contributed by atoms with Gasteiger partial charge in [-0.2, -0.15) is 0 Å². The van der Waals surface area contributed by atoms with E-state index < -0.39 is 47.9 Å². The molecule has 12 N–H and O–H groups in total. The Morgan fingerprint density at radius 1 is 0.950 bits per heavy atom. The van der Waals surface area contributed by atoms with Crippen molar-refractivity contribution in [3.63, 3.8) is 0 Å². The van der Waals surface area contributed by atoms with Gasteiger partial charge in [0.05, 0.1) is 18.7 Å². The molecule has 2 heterocycles. The second-order valence-corrected chi connectivity index (χ2v) is 9.45. The van der Waals surface area contributed by atoms with Crippen LogP contribution in [0.4, 0.5) is 0 Å². The van der Waals surface area contributed by atoms with Gasteiger partial charge in [-0.15, -0.1) is 0 Å². The van der Waals surface area contributed by atoms with Crippen LogP contribution in [-0.4, -0.2) is 85.4 Å². The number of carboxylic acids is 1. The summed E-state index contributed by atoms with van der Waals surface area (Å²) in [6, 6.07) is -4.36. The van der Waals surface area contributed by atoms with Crippen LogP contribution in [-0.2, 0) is 32.0 Å². The van der Waals surface area contributed by atoms with Crippen LogP contribution in [0.1, 0.15) is 44.5 Å². The molecule has 5 unspecified atom stereocenters. The lowest BCUT2D eigenvalue weighted by Gasteiger charge is -2.28. The van der Waals surface area contributed by atoms with Crippen molar-refractivity contribution in [3.05, 3.63) is 36.4 Å². The third kappa shape index (κ3) is 10.4. The van der Waals surface area contributed by atoms with E-state index in [1.165, 1.54) is 18.9 Å². The molecule has 0 fully saturated rings. The van der Waals surface area contributed by atoms with Crippen LogP contribution in [0.2, 0.25) is 0 Å². The molecule has 2 aromatic heterocycles. The summed E-state index contributed by atoms with van der Waals surface area (Å²) >= 11 is 0. The van der Waals surface area contributed by atoms with E-state index in [9.17, 15) is 24.3 Å². The number of carbonyl (C=O) groups is 4. The summed E-state index contributed by atoms with van der Waals surface area (Å²) in [6.45, 7) is 3.82. The number of rotatable bonds is 17. The van der Waals surface area contributed by atoms with Gasteiger partial charge in [0.1, 0.15) is 18.1 Å². The molecule has 5 atom stereocenters. The monoisotopic (exact) mass is 561 g/mol. The number of amides is 3. The topological polar surface area (TPSA) is 272 Å². The SMILES string of the molecule is CCC(C)C(NC(=O)C(N)Cc1cnc[nH]1)C(=O)NC(CCCN=C(N)N)C(=O)NC(Cc1cnc[nH]1)C(=O)O. The average molecular weight is 562 g/mol. The highest BCUT2D eigenvalue weighted by Crippen LogP contribution is 2.11. The van der Waals surface area contributed by atoms with E-state index in [2.05, 4.69) is 40.9 Å². The number of aromatic nitrogens is 4. The molecule has 2 rings (SSSR count). The minimum absolute atomic E-state index is 0.0461. The van der Waals surface area contributed by atoms with E-state index in [0.717, 1.165) is 0 Å². The van der Waals surface area contributed by atoms with Crippen molar-refractivity contribution in [1.82, 2.24) is 35.9 Å². The van der Waals surface area contributed by atoms with Gasteiger partial charge in [-0.1, -0.05) is 20.3 Å². The molecular formula is C24H39N11O5. The molecule has 2 aromatic rings. The molecule has 0 aromatic carbocycles. The summed E-state index contributed by atoms with van der Waals surface area (Å²) < 4.78 is 0. The Labute approximate surface area is 231 Å². The standard InChI is InChI=1S/C24H39N11O5/c1-3-13(2)19(35-20(36)16(25)7-14-9-28-11-31-14)22(38)33-17(5-4-6-30-24(26)27)21(37)34-18(23(39)40)8-15-10-29-12-32-15/h9-13,16-19H,3-8,25H2,1-2H3,(H,28,31)(H,29,32)(H,33,38)(H,34,37)(H,35,36)(H,39,40)(H4,26,27,30). The van der Waals surface area contributed by atoms with Crippen molar-refractivity contribution in [1.29, 1.82) is 0 Å². The fourth-order valence-corrected chi connectivity index (χ4v) is 3.81. The predicted octanol–water partition coefficient (Wildman–Crippen LogP) is -2.12. The highest BCUT2D eigenvalue weighted by molar-refractivity contribution is 5.94. The van der Waals surface area contributed by atoms with Gasteiger partial charge in [-0.05, 0) is 18.8 Å². The molecule has 0 aliphatic heterocycles. The van der Waals surface area contributed by atoms with Crippen molar-refractivity contribution < 1.29 is 24.3 Å². The largest absolute Gasteiger partial charge is 0.480 e. The third-order valence-electron chi connectivity index (χ3n) is 6.30. The number of H-pyrrole nitrogens is 2. The highest BCUT2D eigenvalue weighted by atomic mass is 16.4. The average Bonchev–Trinajstić information content (AvgIpc) is 3.62. The highest BCUT2D eigenvalue weighted by Gasteiger charge is 2.32.